The molecule has 3 rings (SSSR count). The molecule has 0 bridgehead atoms. The minimum Gasteiger partial charge on any atom is -0.369 e. The number of piperidine rings is 1. The van der Waals surface area contributed by atoms with E-state index in [4.69, 9.17) is 11.6 Å². The number of pyridine rings is 2. The van der Waals surface area contributed by atoms with Gasteiger partial charge in [-0.05, 0) is 12.1 Å². The first-order chi connectivity index (χ1) is 11.9. The van der Waals surface area contributed by atoms with Gasteiger partial charge in [0.15, 0.2) is 11.0 Å². The minimum atomic E-state index is -2.68. The second-order valence-corrected chi connectivity index (χ2v) is 6.01. The Bertz CT molecular complexity index is 793. The zero-order valence-electron chi connectivity index (χ0n) is 13.0. The van der Waals surface area contributed by atoms with Crippen molar-refractivity contribution in [2.75, 3.05) is 23.3 Å². The summed E-state index contributed by atoms with van der Waals surface area (Å²) in [5.41, 5.74) is 0.601. The summed E-state index contributed by atoms with van der Waals surface area (Å²) in [4.78, 5) is 21.5. The predicted molar refractivity (Wildman–Crippen MR) is 87.8 cm³/mol. The summed E-state index contributed by atoms with van der Waals surface area (Å²) in [6.45, 7) is 0.296. The van der Waals surface area contributed by atoms with Crippen LogP contribution in [0.25, 0.3) is 0 Å². The van der Waals surface area contributed by atoms with E-state index in [9.17, 15) is 18.0 Å². The van der Waals surface area contributed by atoms with Crippen molar-refractivity contribution in [3.8, 4) is 0 Å². The van der Waals surface area contributed by atoms with E-state index in [1.165, 1.54) is 24.7 Å². The van der Waals surface area contributed by atoms with E-state index in [2.05, 4.69) is 15.3 Å². The van der Waals surface area contributed by atoms with Crippen LogP contribution in [-0.4, -0.2) is 34.9 Å². The van der Waals surface area contributed by atoms with Crippen LogP contribution in [0.2, 0.25) is 5.15 Å². The molecule has 9 heteroatoms. The molecule has 0 atom stereocenters. The number of nitrogens with one attached hydrogen (secondary N) is 1. The number of nitrogens with zero attached hydrogens (tertiary/aromatic N) is 3. The molecule has 2 aromatic rings. The van der Waals surface area contributed by atoms with Crippen molar-refractivity contribution >= 4 is 28.9 Å². The lowest BCUT2D eigenvalue weighted by atomic mass is 10.1. The molecule has 3 heterocycles. The van der Waals surface area contributed by atoms with E-state index in [-0.39, 0.29) is 31.5 Å². The van der Waals surface area contributed by atoms with Crippen molar-refractivity contribution in [2.45, 2.75) is 18.8 Å². The fourth-order valence-corrected chi connectivity index (χ4v) is 2.78. The molecule has 1 saturated heterocycles. The second-order valence-electron chi connectivity index (χ2n) is 5.65. The third-order valence-electron chi connectivity index (χ3n) is 3.97. The fourth-order valence-electron chi connectivity index (χ4n) is 2.62. The monoisotopic (exact) mass is 370 g/mol. The van der Waals surface area contributed by atoms with Crippen LogP contribution < -0.4 is 10.2 Å². The van der Waals surface area contributed by atoms with Crippen LogP contribution in [0.4, 0.5) is 24.5 Å². The smallest absolute Gasteiger partial charge is 0.258 e. The number of carbonyl (C=O) groups excluding carboxylic acids is 1. The average molecular weight is 371 g/mol. The Morgan fingerprint density at radius 1 is 1.24 bits per heavy atom. The van der Waals surface area contributed by atoms with Crippen molar-refractivity contribution in [1.82, 2.24) is 9.97 Å². The van der Waals surface area contributed by atoms with E-state index in [1.54, 1.807) is 11.0 Å². The molecule has 0 aromatic carbocycles. The lowest BCUT2D eigenvalue weighted by Gasteiger charge is -2.34. The number of rotatable bonds is 3. The molecule has 0 radical (unpaired) electrons. The van der Waals surface area contributed by atoms with E-state index in [0.717, 1.165) is 0 Å². The second kappa shape index (κ2) is 6.87. The van der Waals surface area contributed by atoms with Crippen molar-refractivity contribution in [1.29, 1.82) is 0 Å². The normalized spacial score (nSPS) is 16.6. The first-order valence-electron chi connectivity index (χ1n) is 7.55. The molecule has 2 aromatic heterocycles. The van der Waals surface area contributed by atoms with Gasteiger partial charge in [0.1, 0.15) is 0 Å². The highest BCUT2D eigenvalue weighted by Gasteiger charge is 2.34. The van der Waals surface area contributed by atoms with Gasteiger partial charge in [0.05, 0.1) is 23.1 Å². The van der Waals surface area contributed by atoms with E-state index < -0.39 is 22.8 Å². The first kappa shape index (κ1) is 17.5. The Hall–Kier alpha value is -2.35. The van der Waals surface area contributed by atoms with Crippen LogP contribution in [-0.2, 0) is 0 Å². The summed E-state index contributed by atoms with van der Waals surface area (Å²) in [6, 6.07) is 2.82. The summed E-state index contributed by atoms with van der Waals surface area (Å²) in [6.07, 6.45) is 3.58. The van der Waals surface area contributed by atoms with Crippen molar-refractivity contribution in [3.05, 3.63) is 47.3 Å². The van der Waals surface area contributed by atoms with Gasteiger partial charge < -0.3 is 10.2 Å². The maximum atomic E-state index is 13.9. The highest BCUT2D eigenvalue weighted by Crippen LogP contribution is 2.33. The molecule has 1 N–H and O–H groups in total. The third kappa shape index (κ3) is 3.84. The van der Waals surface area contributed by atoms with Crippen LogP contribution >= 0.6 is 11.6 Å². The van der Waals surface area contributed by atoms with Crippen LogP contribution in [0.15, 0.2) is 30.7 Å². The Morgan fingerprint density at radius 3 is 2.68 bits per heavy atom. The summed E-state index contributed by atoms with van der Waals surface area (Å²) in [5, 5.41) is 2.15. The average Bonchev–Trinajstić information content (AvgIpc) is 2.58. The zero-order chi connectivity index (χ0) is 18.0. The van der Waals surface area contributed by atoms with Crippen molar-refractivity contribution in [3.63, 3.8) is 0 Å². The van der Waals surface area contributed by atoms with Crippen LogP contribution in [0.5, 0.6) is 0 Å². The molecule has 0 aliphatic carbocycles. The number of alkyl halides is 2. The van der Waals surface area contributed by atoms with Gasteiger partial charge in [-0.2, -0.15) is 0 Å². The summed E-state index contributed by atoms with van der Waals surface area (Å²) in [7, 11) is 0. The number of hydrogen-bond donors (Lipinski definition) is 1. The fraction of sp³-hybridized carbons (Fsp3) is 0.312. The van der Waals surface area contributed by atoms with Gasteiger partial charge in [-0.25, -0.2) is 18.2 Å². The van der Waals surface area contributed by atoms with Crippen molar-refractivity contribution in [2.24, 2.45) is 0 Å². The molecule has 0 saturated carbocycles. The first-order valence-corrected chi connectivity index (χ1v) is 7.93. The predicted octanol–water partition coefficient (Wildman–Crippen LogP) is 3.76. The molecule has 132 valence electrons. The minimum absolute atomic E-state index is 0.148. The highest BCUT2D eigenvalue weighted by molar-refractivity contribution is 6.30. The Labute approximate surface area is 146 Å². The Balaban J connectivity index is 1.82. The topological polar surface area (TPSA) is 58.1 Å². The molecular weight excluding hydrogens is 357 g/mol. The Kier molecular flexibility index (Phi) is 4.80. The van der Waals surface area contributed by atoms with E-state index in [1.807, 2.05) is 0 Å². The van der Waals surface area contributed by atoms with E-state index >= 15 is 0 Å². The number of amides is 1. The number of halogens is 4. The maximum Gasteiger partial charge on any atom is 0.258 e. The lowest BCUT2D eigenvalue weighted by Crippen LogP contribution is -2.39. The summed E-state index contributed by atoms with van der Waals surface area (Å²) in [5.74, 6) is -4.33. The molecule has 0 unspecified atom stereocenters. The molecule has 1 amide bonds. The standard InChI is InChI=1S/C16H14ClF3N4O/c17-14-13(18)10(1-6-22-14)15(25)23-11-9-21-5-2-12(11)24-7-3-16(19,20)4-8-24/h1-2,5-6,9H,3-4,7-8H2,(H,23,25). The van der Waals surface area contributed by atoms with Crippen LogP contribution in [0.1, 0.15) is 23.2 Å². The van der Waals surface area contributed by atoms with Gasteiger partial charge in [-0.3, -0.25) is 9.78 Å². The van der Waals surface area contributed by atoms with Gasteiger partial charge >= 0.3 is 0 Å². The molecule has 25 heavy (non-hydrogen) atoms. The number of anilines is 2. The highest BCUT2D eigenvalue weighted by atomic mass is 35.5. The van der Waals surface area contributed by atoms with E-state index in [0.29, 0.717) is 11.4 Å². The summed E-state index contributed by atoms with van der Waals surface area (Å²) >= 11 is 5.58. The number of hydrogen-bond acceptors (Lipinski definition) is 4. The van der Waals surface area contributed by atoms with Gasteiger partial charge in [0.25, 0.3) is 11.8 Å². The molecule has 5 nitrogen and oxygen atoms in total. The number of aromatic nitrogens is 2. The van der Waals surface area contributed by atoms with Gasteiger partial charge in [0, 0.05) is 38.3 Å². The zero-order valence-corrected chi connectivity index (χ0v) is 13.7. The molecular formula is C16H14ClF3N4O. The quantitative estimate of drug-likeness (QED) is 0.836. The molecule has 1 fully saturated rings. The van der Waals surface area contributed by atoms with Gasteiger partial charge in [-0.15, -0.1) is 0 Å². The molecule has 0 spiro atoms. The molecule has 1 aliphatic rings. The summed E-state index contributed by atoms with van der Waals surface area (Å²) < 4.78 is 40.6. The van der Waals surface area contributed by atoms with Gasteiger partial charge in [-0.1, -0.05) is 11.6 Å². The van der Waals surface area contributed by atoms with Crippen LogP contribution in [0.3, 0.4) is 0 Å². The lowest BCUT2D eigenvalue weighted by molar-refractivity contribution is -0.0220. The SMILES string of the molecule is O=C(Nc1cnccc1N1CCC(F)(F)CC1)c1ccnc(Cl)c1F. The van der Waals surface area contributed by atoms with Crippen molar-refractivity contribution < 1.29 is 18.0 Å². The third-order valence-corrected chi connectivity index (χ3v) is 4.24. The molecule has 1 aliphatic heterocycles. The van der Waals surface area contributed by atoms with Gasteiger partial charge in [0.2, 0.25) is 0 Å². The van der Waals surface area contributed by atoms with Crippen LogP contribution in [0, 0.1) is 5.82 Å². The maximum absolute atomic E-state index is 13.9. The number of carbonyl (C=O) groups is 1. The largest absolute Gasteiger partial charge is 0.369 e. The Morgan fingerprint density at radius 2 is 1.96 bits per heavy atom.